The van der Waals surface area contributed by atoms with E-state index >= 15 is 0 Å². The zero-order valence-corrected chi connectivity index (χ0v) is 22.6. The topological polar surface area (TPSA) is 182 Å². The molecule has 0 spiro atoms. The number of phosphoric acid groups is 1. The molecule has 1 atom stereocenters. The molecular weight excluding hydrogens is 547 g/mol. The van der Waals surface area contributed by atoms with Crippen LogP contribution in [0.5, 0.6) is 0 Å². The van der Waals surface area contributed by atoms with Gasteiger partial charge in [-0.3, -0.25) is 18.6 Å². The van der Waals surface area contributed by atoms with Crippen LogP contribution >= 0.6 is 19.2 Å². The van der Waals surface area contributed by atoms with Crippen LogP contribution in [0, 0.1) is 0 Å². The molecule has 1 unspecified atom stereocenters. The number of hydrogen-bond donors (Lipinski definition) is 2. The van der Waals surface area contributed by atoms with Crippen LogP contribution in [0.15, 0.2) is 42.4 Å². The Morgan fingerprint density at radius 1 is 1.26 bits per heavy atom. The molecule has 1 amide bonds. The van der Waals surface area contributed by atoms with Gasteiger partial charge in [0.15, 0.2) is 11.5 Å². The van der Waals surface area contributed by atoms with Gasteiger partial charge in [-0.25, -0.2) is 19.6 Å². The molecule has 1 aliphatic rings. The summed E-state index contributed by atoms with van der Waals surface area (Å²) < 4.78 is 24.0. The molecule has 1 saturated carbocycles. The summed E-state index contributed by atoms with van der Waals surface area (Å²) in [6, 6.07) is 1.88. The van der Waals surface area contributed by atoms with Gasteiger partial charge in [-0.15, -0.1) is 11.3 Å². The lowest BCUT2D eigenvalue weighted by atomic mass is 9.93. The molecule has 0 bridgehead atoms. The average Bonchev–Trinajstić information content (AvgIpc) is 3.68. The number of hydrogen-bond acceptors (Lipinski definition) is 11. The largest absolute Gasteiger partial charge is 0.756 e. The first-order chi connectivity index (χ1) is 18.8. The zero-order chi connectivity index (χ0) is 27.4. The first-order valence-corrected chi connectivity index (χ1v) is 14.6. The van der Waals surface area contributed by atoms with E-state index in [1.54, 1.807) is 23.8 Å². The smallest absolute Gasteiger partial charge is 0.275 e. The van der Waals surface area contributed by atoms with Crippen molar-refractivity contribution in [1.29, 1.82) is 0 Å². The average molecular weight is 574 g/mol. The summed E-state index contributed by atoms with van der Waals surface area (Å²) in [4.78, 5) is 45.7. The van der Waals surface area contributed by atoms with E-state index in [2.05, 4.69) is 29.9 Å². The molecule has 1 fully saturated rings. The minimum absolute atomic E-state index is 0.169. The van der Waals surface area contributed by atoms with E-state index < -0.39 is 20.5 Å². The van der Waals surface area contributed by atoms with Gasteiger partial charge in [-0.2, -0.15) is 10.2 Å². The van der Waals surface area contributed by atoms with E-state index in [1.165, 1.54) is 28.4 Å². The maximum atomic E-state index is 13.2. The van der Waals surface area contributed by atoms with Gasteiger partial charge >= 0.3 is 0 Å². The minimum Gasteiger partial charge on any atom is -0.756 e. The Morgan fingerprint density at radius 3 is 2.74 bits per heavy atom. The Labute approximate surface area is 227 Å². The van der Waals surface area contributed by atoms with Crippen molar-refractivity contribution in [2.45, 2.75) is 51.5 Å². The highest BCUT2D eigenvalue weighted by Crippen LogP contribution is 2.34. The molecular formula is C23H26N8O6PS-. The fraction of sp³-hybridized carbons (Fsp3) is 0.391. The Balaban J connectivity index is 1.32. The lowest BCUT2D eigenvalue weighted by Crippen LogP contribution is -2.24. The van der Waals surface area contributed by atoms with Crippen molar-refractivity contribution in [3.63, 3.8) is 0 Å². The predicted octanol–water partition coefficient (Wildman–Crippen LogP) is 2.87. The summed E-state index contributed by atoms with van der Waals surface area (Å²) in [5.74, 6) is -0.0359. The Kier molecular flexibility index (Phi) is 8.26. The van der Waals surface area contributed by atoms with Crippen LogP contribution in [0.4, 0.5) is 5.69 Å². The second-order valence-corrected chi connectivity index (χ2v) is 10.9. The number of nitrogens with one attached hydrogen (secondary N) is 1. The van der Waals surface area contributed by atoms with Crippen molar-refractivity contribution in [1.82, 2.24) is 34.5 Å². The van der Waals surface area contributed by atoms with Gasteiger partial charge in [0.05, 0.1) is 24.0 Å². The van der Waals surface area contributed by atoms with Gasteiger partial charge in [0.25, 0.3) is 13.7 Å². The van der Waals surface area contributed by atoms with Crippen molar-refractivity contribution in [2.24, 2.45) is 0 Å². The molecule has 5 rings (SSSR count). The molecule has 4 aromatic rings. The van der Waals surface area contributed by atoms with Gasteiger partial charge in [0.2, 0.25) is 0 Å². The summed E-state index contributed by atoms with van der Waals surface area (Å²) in [5.41, 5.74) is 1.68. The fourth-order valence-corrected chi connectivity index (χ4v) is 5.38. The summed E-state index contributed by atoms with van der Waals surface area (Å²) in [7, 11) is -4.87. The number of nitrogens with zero attached hydrogens (tertiary/aromatic N) is 7. The van der Waals surface area contributed by atoms with E-state index in [0.29, 0.717) is 34.4 Å². The Hall–Kier alpha value is -3.33. The van der Waals surface area contributed by atoms with E-state index in [4.69, 9.17) is 14.7 Å². The van der Waals surface area contributed by atoms with Gasteiger partial charge in [0.1, 0.15) is 17.4 Å². The zero-order valence-electron chi connectivity index (χ0n) is 20.9. The van der Waals surface area contributed by atoms with Crippen LogP contribution in [0.2, 0.25) is 0 Å². The summed E-state index contributed by atoms with van der Waals surface area (Å²) >= 11 is 1.22. The molecule has 4 aromatic heterocycles. The van der Waals surface area contributed by atoms with Crippen LogP contribution in [-0.4, -0.2) is 58.0 Å². The van der Waals surface area contributed by atoms with E-state index in [1.807, 2.05) is 17.8 Å². The summed E-state index contributed by atoms with van der Waals surface area (Å²) in [6.07, 6.45) is 12.0. The number of phosphoric ester groups is 1. The SMILES string of the molecule is CCOC1CCC(n2cc(NC(=O)c3csc(-c4cnn(COP(=O)([O-])O)c4)n3)c(-c3ncccn3)n2)CC1. The highest BCUT2D eigenvalue weighted by Gasteiger charge is 2.26. The van der Waals surface area contributed by atoms with Crippen LogP contribution in [-0.2, 0) is 20.6 Å². The van der Waals surface area contributed by atoms with Crippen molar-refractivity contribution >= 4 is 30.8 Å². The molecule has 206 valence electrons. The third-order valence-electron chi connectivity index (χ3n) is 6.15. The summed E-state index contributed by atoms with van der Waals surface area (Å²) in [6.45, 7) is 2.21. The van der Waals surface area contributed by atoms with Crippen molar-refractivity contribution in [2.75, 3.05) is 11.9 Å². The standard InChI is InChI=1S/C23H27N8O6PS/c1-2-36-17-6-4-16(5-7-17)31-12-18(20(29-31)21-24-8-3-9-25-21)27-22(32)19-13-39-23(28-19)15-10-26-30(11-15)14-37-38(33,34)35/h3,8-13,16-17H,2,4-7,14H2,1H3,(H,27,32)(H2,33,34,35)/p-1. The number of anilines is 1. The number of aromatic nitrogens is 7. The molecule has 16 heteroatoms. The monoisotopic (exact) mass is 573 g/mol. The molecule has 1 aliphatic carbocycles. The van der Waals surface area contributed by atoms with Crippen LogP contribution < -0.4 is 10.2 Å². The highest BCUT2D eigenvalue weighted by atomic mass is 32.1. The molecule has 39 heavy (non-hydrogen) atoms. The van der Waals surface area contributed by atoms with Crippen molar-refractivity contribution in [3.8, 4) is 22.1 Å². The molecule has 0 aliphatic heterocycles. The minimum atomic E-state index is -4.87. The molecule has 4 heterocycles. The number of thiazole rings is 1. The van der Waals surface area contributed by atoms with Crippen LogP contribution in [0.25, 0.3) is 22.1 Å². The molecule has 0 aromatic carbocycles. The molecule has 14 nitrogen and oxygen atoms in total. The van der Waals surface area contributed by atoms with Gasteiger partial charge in [-0.05, 0) is 38.7 Å². The second kappa shape index (κ2) is 11.8. The maximum Gasteiger partial charge on any atom is 0.275 e. The summed E-state index contributed by atoms with van der Waals surface area (Å²) in [5, 5.41) is 13.7. The van der Waals surface area contributed by atoms with Gasteiger partial charge in [-0.1, -0.05) is 0 Å². The van der Waals surface area contributed by atoms with Crippen molar-refractivity contribution in [3.05, 3.63) is 48.1 Å². The van der Waals surface area contributed by atoms with Crippen molar-refractivity contribution < 1.29 is 28.4 Å². The lowest BCUT2D eigenvalue weighted by molar-refractivity contribution is -0.223. The quantitative estimate of drug-likeness (QED) is 0.266. The number of carbonyl (C=O) groups excluding carboxylic acids is 1. The number of carbonyl (C=O) groups is 1. The number of ether oxygens (including phenoxy) is 1. The predicted molar refractivity (Wildman–Crippen MR) is 138 cm³/mol. The molecule has 0 saturated heterocycles. The Bertz CT molecular complexity index is 1460. The van der Waals surface area contributed by atoms with E-state index in [-0.39, 0.29) is 17.8 Å². The van der Waals surface area contributed by atoms with E-state index in [9.17, 15) is 14.3 Å². The lowest BCUT2D eigenvalue weighted by Gasteiger charge is -2.28. The Morgan fingerprint density at radius 2 is 2.03 bits per heavy atom. The third kappa shape index (κ3) is 6.82. The maximum absolute atomic E-state index is 13.2. The van der Waals surface area contributed by atoms with E-state index in [0.717, 1.165) is 25.7 Å². The normalized spacial score (nSPS) is 19.1. The highest BCUT2D eigenvalue weighted by molar-refractivity contribution is 7.44. The van der Waals surface area contributed by atoms with Crippen LogP contribution in [0.1, 0.15) is 49.1 Å². The second-order valence-electron chi connectivity index (χ2n) is 8.82. The number of rotatable bonds is 10. The molecule has 0 radical (unpaired) electrons. The first-order valence-electron chi connectivity index (χ1n) is 12.2. The van der Waals surface area contributed by atoms with Gasteiger partial charge < -0.3 is 19.8 Å². The third-order valence-corrected chi connectivity index (χ3v) is 7.48. The first kappa shape index (κ1) is 27.2. The van der Waals surface area contributed by atoms with Crippen LogP contribution in [0.3, 0.4) is 0 Å². The number of amides is 1. The molecule has 2 N–H and O–H groups in total. The fourth-order valence-electron chi connectivity index (χ4n) is 4.34. The van der Waals surface area contributed by atoms with Gasteiger partial charge in [0, 0.05) is 42.3 Å².